The number of aliphatic hydroxyl groups is 1. The number of pyridine rings is 1. The molecule has 5 heteroatoms. The summed E-state index contributed by atoms with van der Waals surface area (Å²) in [7, 11) is 0. The summed E-state index contributed by atoms with van der Waals surface area (Å²) in [5, 5.41) is 12.5. The zero-order valence-corrected chi connectivity index (χ0v) is 10.4. The van der Waals surface area contributed by atoms with Crippen LogP contribution in [0, 0.1) is 5.92 Å². The third kappa shape index (κ3) is 4.33. The largest absolute Gasteiger partial charge is 0.396 e. The second-order valence-corrected chi connectivity index (χ2v) is 4.72. The van der Waals surface area contributed by atoms with Crippen LogP contribution in [0.3, 0.4) is 0 Å². The van der Waals surface area contributed by atoms with E-state index in [0.29, 0.717) is 18.5 Å². The molecule has 1 aromatic rings. The number of nitrogens with zero attached hydrogens (tertiary/aromatic N) is 2. The van der Waals surface area contributed by atoms with Crippen molar-refractivity contribution < 1.29 is 5.11 Å². The first-order valence-corrected chi connectivity index (χ1v) is 6.35. The smallest absolute Gasteiger partial charge is 0.188 e. The van der Waals surface area contributed by atoms with Gasteiger partial charge in [-0.2, -0.15) is 0 Å². The Hall–Kier alpha value is -1.62. The SMILES string of the molecule is NC(=NCC(CO)Cc1ccccn1)NC1CC1. The number of aliphatic hydroxyl groups excluding tert-OH is 1. The van der Waals surface area contributed by atoms with Crippen molar-refractivity contribution in [2.24, 2.45) is 16.6 Å². The highest BCUT2D eigenvalue weighted by Crippen LogP contribution is 2.18. The molecule has 0 radical (unpaired) electrons. The van der Waals surface area contributed by atoms with Gasteiger partial charge >= 0.3 is 0 Å². The summed E-state index contributed by atoms with van der Waals surface area (Å²) >= 11 is 0. The van der Waals surface area contributed by atoms with E-state index in [1.165, 1.54) is 12.8 Å². The van der Waals surface area contributed by atoms with E-state index in [1.807, 2.05) is 18.2 Å². The normalized spacial score (nSPS) is 17.5. The van der Waals surface area contributed by atoms with Crippen LogP contribution in [0.15, 0.2) is 29.4 Å². The second kappa shape index (κ2) is 6.35. The molecule has 0 saturated heterocycles. The van der Waals surface area contributed by atoms with Gasteiger partial charge in [0.25, 0.3) is 0 Å². The minimum atomic E-state index is 0.0689. The molecule has 1 unspecified atom stereocenters. The molecule has 4 N–H and O–H groups in total. The number of hydrogen-bond donors (Lipinski definition) is 3. The van der Waals surface area contributed by atoms with Gasteiger partial charge in [0, 0.05) is 37.0 Å². The molecule has 1 aliphatic rings. The maximum absolute atomic E-state index is 9.34. The van der Waals surface area contributed by atoms with Crippen molar-refractivity contribution in [1.29, 1.82) is 0 Å². The van der Waals surface area contributed by atoms with Gasteiger partial charge in [-0.15, -0.1) is 0 Å². The van der Waals surface area contributed by atoms with Crippen molar-refractivity contribution in [2.75, 3.05) is 13.2 Å². The third-order valence-corrected chi connectivity index (χ3v) is 2.93. The Morgan fingerprint density at radius 3 is 3.00 bits per heavy atom. The number of aliphatic imine (C=N–C) groups is 1. The van der Waals surface area contributed by atoms with E-state index < -0.39 is 0 Å². The minimum absolute atomic E-state index is 0.0689. The first-order valence-electron chi connectivity index (χ1n) is 6.35. The molecular formula is C13H20N4O. The number of nitrogens with one attached hydrogen (secondary N) is 1. The predicted octanol–water partition coefficient (Wildman–Crippen LogP) is 0.299. The Morgan fingerprint density at radius 1 is 1.56 bits per heavy atom. The van der Waals surface area contributed by atoms with Gasteiger partial charge in [0.1, 0.15) is 0 Å². The van der Waals surface area contributed by atoms with E-state index in [1.54, 1.807) is 6.20 Å². The van der Waals surface area contributed by atoms with Crippen molar-refractivity contribution >= 4 is 5.96 Å². The zero-order valence-electron chi connectivity index (χ0n) is 10.4. The molecule has 1 fully saturated rings. The highest BCUT2D eigenvalue weighted by molar-refractivity contribution is 5.78. The molecule has 5 nitrogen and oxygen atoms in total. The van der Waals surface area contributed by atoms with Crippen molar-refractivity contribution in [1.82, 2.24) is 10.3 Å². The molecule has 1 heterocycles. The molecule has 1 saturated carbocycles. The maximum Gasteiger partial charge on any atom is 0.188 e. The molecule has 0 aliphatic heterocycles. The zero-order chi connectivity index (χ0) is 12.8. The summed E-state index contributed by atoms with van der Waals surface area (Å²) in [6.45, 7) is 0.620. The average molecular weight is 248 g/mol. The van der Waals surface area contributed by atoms with E-state index in [2.05, 4.69) is 15.3 Å². The molecule has 1 aliphatic carbocycles. The van der Waals surface area contributed by atoms with Crippen LogP contribution in [0.2, 0.25) is 0 Å². The van der Waals surface area contributed by atoms with Gasteiger partial charge in [0.15, 0.2) is 5.96 Å². The fourth-order valence-corrected chi connectivity index (χ4v) is 1.71. The van der Waals surface area contributed by atoms with Crippen molar-refractivity contribution in [3.8, 4) is 0 Å². The van der Waals surface area contributed by atoms with Gasteiger partial charge in [-0.1, -0.05) is 6.07 Å². The quantitative estimate of drug-likeness (QED) is 0.499. The monoisotopic (exact) mass is 248 g/mol. The van der Waals surface area contributed by atoms with E-state index in [0.717, 1.165) is 12.1 Å². The molecule has 0 bridgehead atoms. The lowest BCUT2D eigenvalue weighted by atomic mass is 10.0. The molecule has 1 atom stereocenters. The molecule has 98 valence electrons. The standard InChI is InChI=1S/C13H20N4O/c14-13(17-11-4-5-11)16-8-10(9-18)7-12-3-1-2-6-15-12/h1-3,6,10-11,18H,4-5,7-9H2,(H3,14,16,17). The van der Waals surface area contributed by atoms with Crippen LogP contribution >= 0.6 is 0 Å². The van der Waals surface area contributed by atoms with Gasteiger partial charge in [-0.05, 0) is 31.4 Å². The first kappa shape index (κ1) is 12.8. The summed E-state index contributed by atoms with van der Waals surface area (Å²) in [6, 6.07) is 6.30. The van der Waals surface area contributed by atoms with Crippen LogP contribution in [0.1, 0.15) is 18.5 Å². The van der Waals surface area contributed by atoms with Crippen LogP contribution < -0.4 is 11.1 Å². The van der Waals surface area contributed by atoms with E-state index >= 15 is 0 Å². The van der Waals surface area contributed by atoms with Crippen LogP contribution in [-0.4, -0.2) is 35.2 Å². The lowest BCUT2D eigenvalue weighted by Gasteiger charge is -2.11. The van der Waals surface area contributed by atoms with Crippen LogP contribution in [-0.2, 0) is 6.42 Å². The summed E-state index contributed by atoms with van der Waals surface area (Å²) < 4.78 is 0. The average Bonchev–Trinajstić information content (AvgIpc) is 3.19. The number of hydrogen-bond acceptors (Lipinski definition) is 3. The van der Waals surface area contributed by atoms with Crippen LogP contribution in [0.25, 0.3) is 0 Å². The van der Waals surface area contributed by atoms with Crippen LogP contribution in [0.4, 0.5) is 0 Å². The maximum atomic E-state index is 9.34. The Balaban J connectivity index is 1.81. The van der Waals surface area contributed by atoms with Gasteiger partial charge < -0.3 is 16.2 Å². The molecule has 2 rings (SSSR count). The number of guanidine groups is 1. The predicted molar refractivity (Wildman–Crippen MR) is 71.2 cm³/mol. The Labute approximate surface area is 107 Å². The fourth-order valence-electron chi connectivity index (χ4n) is 1.71. The summed E-state index contributed by atoms with van der Waals surface area (Å²) in [6.07, 6.45) is 4.83. The van der Waals surface area contributed by atoms with E-state index in [4.69, 9.17) is 5.73 Å². The molecule has 0 spiro atoms. The summed E-state index contributed by atoms with van der Waals surface area (Å²) in [4.78, 5) is 8.51. The summed E-state index contributed by atoms with van der Waals surface area (Å²) in [5.41, 5.74) is 6.73. The van der Waals surface area contributed by atoms with Crippen molar-refractivity contribution in [3.05, 3.63) is 30.1 Å². The topological polar surface area (TPSA) is 83.5 Å². The number of nitrogens with two attached hydrogens (primary N) is 1. The van der Waals surface area contributed by atoms with E-state index in [9.17, 15) is 5.11 Å². The van der Waals surface area contributed by atoms with Gasteiger partial charge in [0.05, 0.1) is 0 Å². The second-order valence-electron chi connectivity index (χ2n) is 4.72. The third-order valence-electron chi connectivity index (χ3n) is 2.93. The minimum Gasteiger partial charge on any atom is -0.396 e. The number of aromatic nitrogens is 1. The Kier molecular flexibility index (Phi) is 4.52. The molecular weight excluding hydrogens is 228 g/mol. The molecule has 18 heavy (non-hydrogen) atoms. The van der Waals surface area contributed by atoms with Crippen LogP contribution in [0.5, 0.6) is 0 Å². The van der Waals surface area contributed by atoms with Crippen molar-refractivity contribution in [3.63, 3.8) is 0 Å². The number of rotatable bonds is 6. The van der Waals surface area contributed by atoms with Gasteiger partial charge in [-0.3, -0.25) is 9.98 Å². The fraction of sp³-hybridized carbons (Fsp3) is 0.538. The van der Waals surface area contributed by atoms with Crippen molar-refractivity contribution in [2.45, 2.75) is 25.3 Å². The Morgan fingerprint density at radius 2 is 2.39 bits per heavy atom. The molecule has 0 amide bonds. The lowest BCUT2D eigenvalue weighted by molar-refractivity contribution is 0.229. The van der Waals surface area contributed by atoms with E-state index in [-0.39, 0.29) is 12.5 Å². The first-order chi connectivity index (χ1) is 8.78. The Bertz CT molecular complexity index is 389. The van der Waals surface area contributed by atoms with Gasteiger partial charge in [0.2, 0.25) is 0 Å². The summed E-state index contributed by atoms with van der Waals surface area (Å²) in [5.74, 6) is 0.552. The highest BCUT2D eigenvalue weighted by Gasteiger charge is 2.21. The molecule has 0 aromatic carbocycles. The lowest BCUT2D eigenvalue weighted by Crippen LogP contribution is -2.34. The highest BCUT2D eigenvalue weighted by atomic mass is 16.3. The van der Waals surface area contributed by atoms with Gasteiger partial charge in [-0.25, -0.2) is 0 Å². The molecule has 1 aromatic heterocycles.